The number of piperazine rings is 1. The van der Waals surface area contributed by atoms with Gasteiger partial charge in [0.05, 0.1) is 0 Å². The van der Waals surface area contributed by atoms with Crippen LogP contribution in [0.4, 0.5) is 23.0 Å². The number of rotatable bonds is 9. The number of nitrogens with zero attached hydrogens (tertiary/aromatic N) is 5. The number of carbonyl (C=O) groups excluding carboxylic acids is 1. The fraction of sp³-hybridized carbons (Fsp3) is 0.370. The number of hydrogen-bond acceptors (Lipinski definition) is 7. The molecule has 1 aliphatic rings. The predicted molar refractivity (Wildman–Crippen MR) is 146 cm³/mol. The first-order chi connectivity index (χ1) is 17.1. The van der Waals surface area contributed by atoms with E-state index in [0.29, 0.717) is 13.1 Å². The van der Waals surface area contributed by atoms with Crippen LogP contribution in [0.3, 0.4) is 0 Å². The lowest BCUT2D eigenvalue weighted by atomic mass is 10.2. The molecule has 0 spiro atoms. The van der Waals surface area contributed by atoms with Crippen molar-refractivity contribution in [2.45, 2.75) is 25.9 Å². The normalized spacial score (nSPS) is 13.6. The monoisotopic (exact) mass is 490 g/mol. The zero-order valence-corrected chi connectivity index (χ0v) is 21.6. The fourth-order valence-corrected chi connectivity index (χ4v) is 4.81. The van der Waals surface area contributed by atoms with Gasteiger partial charge in [0.2, 0.25) is 0 Å². The van der Waals surface area contributed by atoms with Crippen molar-refractivity contribution in [3.05, 3.63) is 66.2 Å². The molecule has 0 aliphatic carbocycles. The van der Waals surface area contributed by atoms with Gasteiger partial charge in [-0.1, -0.05) is 36.9 Å². The fourth-order valence-electron chi connectivity index (χ4n) is 4.23. The van der Waals surface area contributed by atoms with Crippen LogP contribution in [0.5, 0.6) is 0 Å². The lowest BCUT2D eigenvalue weighted by Gasteiger charge is -2.35. The molecule has 1 aliphatic heterocycles. The van der Waals surface area contributed by atoms with Crippen molar-refractivity contribution in [3.63, 3.8) is 0 Å². The molecule has 0 atom stereocenters. The van der Waals surface area contributed by atoms with Crippen molar-refractivity contribution in [1.82, 2.24) is 14.9 Å². The summed E-state index contributed by atoms with van der Waals surface area (Å²) < 4.78 is 0. The van der Waals surface area contributed by atoms with E-state index < -0.39 is 0 Å². The van der Waals surface area contributed by atoms with Crippen LogP contribution in [-0.4, -0.2) is 65.8 Å². The Bertz CT molecular complexity index is 1100. The molecular weight excluding hydrogens is 456 g/mol. The Morgan fingerprint density at radius 3 is 2.26 bits per heavy atom. The van der Waals surface area contributed by atoms with E-state index in [4.69, 9.17) is 9.97 Å². The third kappa shape index (κ3) is 6.25. The Labute approximate surface area is 212 Å². The SMILES string of the molecule is CCSc1nc(Nc2ccc(N(CC)CC)cc2)cc(N2CCN(C(=O)c3ccccc3)CC2)n1. The molecule has 1 N–H and O–H groups in total. The Balaban J connectivity index is 1.46. The minimum atomic E-state index is 0.0886. The van der Waals surface area contributed by atoms with Crippen LogP contribution in [0.15, 0.2) is 65.8 Å². The second-order valence-electron chi connectivity index (χ2n) is 8.32. The molecule has 1 aromatic heterocycles. The van der Waals surface area contributed by atoms with E-state index in [1.165, 1.54) is 5.69 Å². The van der Waals surface area contributed by atoms with Crippen LogP contribution in [-0.2, 0) is 0 Å². The van der Waals surface area contributed by atoms with Crippen LogP contribution in [0, 0.1) is 0 Å². The number of benzene rings is 2. The molecule has 3 aromatic rings. The molecule has 0 unspecified atom stereocenters. The zero-order valence-electron chi connectivity index (χ0n) is 20.8. The van der Waals surface area contributed by atoms with Gasteiger partial charge in [-0.3, -0.25) is 4.79 Å². The summed E-state index contributed by atoms with van der Waals surface area (Å²) in [7, 11) is 0. The molecule has 7 nitrogen and oxygen atoms in total. The number of nitrogens with one attached hydrogen (secondary N) is 1. The van der Waals surface area contributed by atoms with Gasteiger partial charge < -0.3 is 20.0 Å². The zero-order chi connectivity index (χ0) is 24.6. The Morgan fingerprint density at radius 1 is 0.943 bits per heavy atom. The largest absolute Gasteiger partial charge is 0.372 e. The van der Waals surface area contributed by atoms with E-state index in [1.54, 1.807) is 11.8 Å². The third-order valence-corrected chi connectivity index (χ3v) is 6.87. The molecule has 184 valence electrons. The summed E-state index contributed by atoms with van der Waals surface area (Å²) in [4.78, 5) is 28.8. The maximum Gasteiger partial charge on any atom is 0.253 e. The quantitative estimate of drug-likeness (QED) is 0.329. The third-order valence-electron chi connectivity index (χ3n) is 6.15. The van der Waals surface area contributed by atoms with E-state index >= 15 is 0 Å². The van der Waals surface area contributed by atoms with Crippen molar-refractivity contribution in [3.8, 4) is 0 Å². The van der Waals surface area contributed by atoms with E-state index in [2.05, 4.69) is 60.2 Å². The summed E-state index contributed by atoms with van der Waals surface area (Å²) in [5, 5.41) is 4.22. The van der Waals surface area contributed by atoms with E-state index in [9.17, 15) is 4.79 Å². The van der Waals surface area contributed by atoms with Crippen LogP contribution in [0.1, 0.15) is 31.1 Å². The van der Waals surface area contributed by atoms with Gasteiger partial charge in [-0.2, -0.15) is 0 Å². The van der Waals surface area contributed by atoms with Crippen LogP contribution < -0.4 is 15.1 Å². The van der Waals surface area contributed by atoms with Gasteiger partial charge in [0.15, 0.2) is 5.16 Å². The van der Waals surface area contributed by atoms with Crippen molar-refractivity contribution in [2.75, 3.05) is 60.1 Å². The Hall–Kier alpha value is -3.26. The van der Waals surface area contributed by atoms with E-state index in [0.717, 1.165) is 60.0 Å². The number of carbonyl (C=O) groups is 1. The minimum absolute atomic E-state index is 0.0886. The molecular formula is C27H34N6OS. The predicted octanol–water partition coefficient (Wildman–Crippen LogP) is 5.14. The number of amides is 1. The summed E-state index contributed by atoms with van der Waals surface area (Å²) in [6, 6.07) is 20.0. The molecule has 0 bridgehead atoms. The van der Waals surface area contributed by atoms with Gasteiger partial charge in [-0.15, -0.1) is 0 Å². The molecule has 8 heteroatoms. The van der Waals surface area contributed by atoms with E-state index in [-0.39, 0.29) is 5.91 Å². The molecule has 0 radical (unpaired) electrons. The molecule has 0 saturated carbocycles. The average Bonchev–Trinajstić information content (AvgIpc) is 2.90. The second kappa shape index (κ2) is 11.9. The molecule has 4 rings (SSSR count). The first-order valence-corrected chi connectivity index (χ1v) is 13.3. The number of aromatic nitrogens is 2. The van der Waals surface area contributed by atoms with Crippen molar-refractivity contribution in [2.24, 2.45) is 0 Å². The van der Waals surface area contributed by atoms with Crippen molar-refractivity contribution in [1.29, 1.82) is 0 Å². The summed E-state index contributed by atoms with van der Waals surface area (Å²) >= 11 is 1.63. The van der Waals surface area contributed by atoms with Gasteiger partial charge in [0, 0.05) is 62.3 Å². The summed E-state index contributed by atoms with van der Waals surface area (Å²) in [5.41, 5.74) is 2.95. The summed E-state index contributed by atoms with van der Waals surface area (Å²) in [5.74, 6) is 2.67. The van der Waals surface area contributed by atoms with Crippen molar-refractivity contribution >= 4 is 40.7 Å². The molecule has 35 heavy (non-hydrogen) atoms. The highest BCUT2D eigenvalue weighted by Crippen LogP contribution is 2.26. The smallest absolute Gasteiger partial charge is 0.253 e. The summed E-state index contributed by atoms with van der Waals surface area (Å²) in [6.07, 6.45) is 0. The molecule has 2 heterocycles. The van der Waals surface area contributed by atoms with Crippen LogP contribution >= 0.6 is 11.8 Å². The summed E-state index contributed by atoms with van der Waals surface area (Å²) in [6.45, 7) is 11.2. The highest BCUT2D eigenvalue weighted by Gasteiger charge is 2.23. The molecule has 1 fully saturated rings. The lowest BCUT2D eigenvalue weighted by Crippen LogP contribution is -2.49. The van der Waals surface area contributed by atoms with Gasteiger partial charge >= 0.3 is 0 Å². The van der Waals surface area contributed by atoms with Crippen molar-refractivity contribution < 1.29 is 4.79 Å². The number of thioether (sulfide) groups is 1. The van der Waals surface area contributed by atoms with Gasteiger partial charge in [0.25, 0.3) is 5.91 Å². The first kappa shape index (κ1) is 24.9. The van der Waals surface area contributed by atoms with Crippen LogP contribution in [0.25, 0.3) is 0 Å². The molecule has 2 aromatic carbocycles. The lowest BCUT2D eigenvalue weighted by molar-refractivity contribution is 0.0746. The van der Waals surface area contributed by atoms with Gasteiger partial charge in [-0.25, -0.2) is 9.97 Å². The first-order valence-electron chi connectivity index (χ1n) is 12.3. The molecule has 1 saturated heterocycles. The Morgan fingerprint density at radius 2 is 1.63 bits per heavy atom. The molecule has 1 amide bonds. The van der Waals surface area contributed by atoms with Gasteiger partial charge in [-0.05, 0) is 56.0 Å². The topological polar surface area (TPSA) is 64.6 Å². The highest BCUT2D eigenvalue weighted by molar-refractivity contribution is 7.99. The second-order valence-corrected chi connectivity index (χ2v) is 9.55. The average molecular weight is 491 g/mol. The van der Waals surface area contributed by atoms with E-state index in [1.807, 2.05) is 41.3 Å². The standard InChI is InChI=1S/C27H34N6OS/c1-4-31(5-2)23-14-12-22(13-15-23)28-24-20-25(30-27(29-24)35-6-3)32-16-18-33(19-17-32)26(34)21-10-8-7-9-11-21/h7-15,20H,4-6,16-19H2,1-3H3,(H,28,29,30). The Kier molecular flexibility index (Phi) is 8.47. The minimum Gasteiger partial charge on any atom is -0.372 e. The van der Waals surface area contributed by atoms with Gasteiger partial charge in [0.1, 0.15) is 11.6 Å². The highest BCUT2D eigenvalue weighted by atomic mass is 32.2. The maximum absolute atomic E-state index is 12.8. The van der Waals surface area contributed by atoms with Crippen LogP contribution in [0.2, 0.25) is 0 Å². The maximum atomic E-state index is 12.8. The number of anilines is 4. The number of hydrogen-bond donors (Lipinski definition) is 1.